The van der Waals surface area contributed by atoms with E-state index < -0.39 is 11.9 Å². The fourth-order valence-electron chi connectivity index (χ4n) is 3.09. The molecule has 0 aliphatic carbocycles. The lowest BCUT2D eigenvalue weighted by Crippen LogP contribution is -2.40. The highest BCUT2D eigenvalue weighted by Gasteiger charge is 2.51. The third-order valence-corrected chi connectivity index (χ3v) is 3.87. The average molecular weight is 262 g/mol. The Kier molecular flexibility index (Phi) is 2.81. The minimum atomic E-state index is -0.819. The number of aromatic nitrogens is 2. The quantitative estimate of drug-likeness (QED) is 0.827. The molecule has 2 fully saturated rings. The molecule has 1 aromatic rings. The van der Waals surface area contributed by atoms with Crippen LogP contribution in [0.5, 0.6) is 0 Å². The van der Waals surface area contributed by atoms with Crippen LogP contribution < -0.4 is 5.32 Å². The lowest BCUT2D eigenvalue weighted by Gasteiger charge is -2.22. The summed E-state index contributed by atoms with van der Waals surface area (Å²) in [4.78, 5) is 32.8. The number of hydrogen-bond acceptors (Lipinski definition) is 4. The number of amides is 2. The van der Waals surface area contributed by atoms with Crippen LogP contribution >= 0.6 is 0 Å². The number of carboxylic acid groups (broad SMARTS) is 1. The first-order chi connectivity index (χ1) is 9.16. The van der Waals surface area contributed by atoms with Gasteiger partial charge in [0.2, 0.25) is 5.95 Å². The fourth-order valence-corrected chi connectivity index (χ4v) is 3.09. The Morgan fingerprint density at radius 1 is 1.32 bits per heavy atom. The minimum Gasteiger partial charge on any atom is -0.481 e. The summed E-state index contributed by atoms with van der Waals surface area (Å²) in [5.41, 5.74) is 0. The maximum atomic E-state index is 12.2. The Morgan fingerprint density at radius 2 is 2.05 bits per heavy atom. The number of nitrogens with one attached hydrogen (secondary N) is 1. The molecule has 1 aromatic heterocycles. The number of urea groups is 1. The summed E-state index contributed by atoms with van der Waals surface area (Å²) in [5.74, 6) is -1.02. The van der Waals surface area contributed by atoms with Gasteiger partial charge in [0.15, 0.2) is 0 Å². The zero-order valence-electron chi connectivity index (χ0n) is 10.2. The van der Waals surface area contributed by atoms with E-state index >= 15 is 0 Å². The molecule has 2 aliphatic heterocycles. The van der Waals surface area contributed by atoms with Crippen LogP contribution in [0.4, 0.5) is 10.7 Å². The first kappa shape index (κ1) is 11.9. The monoisotopic (exact) mass is 262 g/mol. The molecule has 3 atom stereocenters. The van der Waals surface area contributed by atoms with Crippen molar-refractivity contribution in [2.45, 2.75) is 31.3 Å². The first-order valence-electron chi connectivity index (χ1n) is 6.26. The summed E-state index contributed by atoms with van der Waals surface area (Å²) in [6.45, 7) is 0. The smallest absolute Gasteiger partial charge is 0.324 e. The molecule has 2 bridgehead atoms. The van der Waals surface area contributed by atoms with Crippen molar-refractivity contribution in [2.75, 3.05) is 5.32 Å². The Balaban J connectivity index is 1.73. The fraction of sp³-hybridized carbons (Fsp3) is 0.500. The van der Waals surface area contributed by atoms with Crippen molar-refractivity contribution in [3.8, 4) is 0 Å². The van der Waals surface area contributed by atoms with E-state index in [0.717, 1.165) is 12.8 Å². The maximum Gasteiger partial charge on any atom is 0.324 e. The van der Waals surface area contributed by atoms with E-state index in [2.05, 4.69) is 15.3 Å². The van der Waals surface area contributed by atoms with Gasteiger partial charge < -0.3 is 10.0 Å². The number of carboxylic acids is 1. The second kappa shape index (κ2) is 4.49. The molecule has 2 amide bonds. The van der Waals surface area contributed by atoms with Gasteiger partial charge in [-0.25, -0.2) is 14.8 Å². The molecule has 3 unspecified atom stereocenters. The molecule has 0 aromatic carbocycles. The molecule has 0 radical (unpaired) electrons. The van der Waals surface area contributed by atoms with Crippen LogP contribution in [-0.2, 0) is 4.79 Å². The molecule has 2 saturated heterocycles. The van der Waals surface area contributed by atoms with Gasteiger partial charge >= 0.3 is 12.0 Å². The Labute approximate surface area is 109 Å². The van der Waals surface area contributed by atoms with Gasteiger partial charge in [-0.2, -0.15) is 0 Å². The van der Waals surface area contributed by atoms with E-state index in [4.69, 9.17) is 5.11 Å². The third kappa shape index (κ3) is 2.00. The second-order valence-electron chi connectivity index (χ2n) is 4.89. The molecule has 3 rings (SSSR count). The molecule has 0 saturated carbocycles. The van der Waals surface area contributed by atoms with E-state index in [-0.39, 0.29) is 24.1 Å². The SMILES string of the molecule is O=C(O)C1CC2CCC1N2C(=O)Nc1ncccn1. The normalized spacial score (nSPS) is 28.4. The summed E-state index contributed by atoms with van der Waals surface area (Å²) in [6.07, 6.45) is 5.26. The lowest BCUT2D eigenvalue weighted by atomic mass is 9.89. The van der Waals surface area contributed by atoms with Crippen molar-refractivity contribution in [3.05, 3.63) is 18.5 Å². The Bertz CT molecular complexity index is 507. The van der Waals surface area contributed by atoms with Crippen molar-refractivity contribution in [2.24, 2.45) is 5.92 Å². The molecule has 19 heavy (non-hydrogen) atoms. The van der Waals surface area contributed by atoms with E-state index in [1.807, 2.05) is 0 Å². The van der Waals surface area contributed by atoms with E-state index in [9.17, 15) is 9.59 Å². The van der Waals surface area contributed by atoms with Gasteiger partial charge in [0.05, 0.1) is 5.92 Å². The number of anilines is 1. The molecule has 100 valence electrons. The van der Waals surface area contributed by atoms with Crippen LogP contribution in [0, 0.1) is 5.92 Å². The van der Waals surface area contributed by atoms with Gasteiger partial charge in [0.1, 0.15) is 0 Å². The van der Waals surface area contributed by atoms with Crippen molar-refractivity contribution >= 4 is 17.9 Å². The summed E-state index contributed by atoms with van der Waals surface area (Å²) < 4.78 is 0. The number of rotatable bonds is 2. The van der Waals surface area contributed by atoms with Gasteiger partial charge in [0, 0.05) is 24.5 Å². The number of nitrogens with zero attached hydrogens (tertiary/aromatic N) is 3. The number of hydrogen-bond donors (Lipinski definition) is 2. The molecular formula is C12H14N4O3. The van der Waals surface area contributed by atoms with Crippen LogP contribution in [0.3, 0.4) is 0 Å². The van der Waals surface area contributed by atoms with Crippen molar-refractivity contribution in [1.29, 1.82) is 0 Å². The van der Waals surface area contributed by atoms with Gasteiger partial charge in [-0.15, -0.1) is 0 Å². The van der Waals surface area contributed by atoms with Crippen LogP contribution in [0.2, 0.25) is 0 Å². The predicted molar refractivity (Wildman–Crippen MR) is 65.4 cm³/mol. The zero-order valence-corrected chi connectivity index (χ0v) is 10.2. The lowest BCUT2D eigenvalue weighted by molar-refractivity contribution is -0.142. The van der Waals surface area contributed by atoms with Crippen molar-refractivity contribution < 1.29 is 14.7 Å². The van der Waals surface area contributed by atoms with Gasteiger partial charge in [-0.05, 0) is 25.3 Å². The number of fused-ring (bicyclic) bond motifs is 2. The first-order valence-corrected chi connectivity index (χ1v) is 6.26. The minimum absolute atomic E-state index is 0.0230. The van der Waals surface area contributed by atoms with Gasteiger partial charge in [-0.3, -0.25) is 10.1 Å². The Hall–Kier alpha value is -2.18. The summed E-state index contributed by atoms with van der Waals surface area (Å²) in [7, 11) is 0. The van der Waals surface area contributed by atoms with Crippen LogP contribution in [-0.4, -0.2) is 44.1 Å². The van der Waals surface area contributed by atoms with Crippen LogP contribution in [0.1, 0.15) is 19.3 Å². The molecule has 7 nitrogen and oxygen atoms in total. The second-order valence-corrected chi connectivity index (χ2v) is 4.89. The van der Waals surface area contributed by atoms with Crippen LogP contribution in [0.25, 0.3) is 0 Å². The number of carbonyl (C=O) groups is 2. The van der Waals surface area contributed by atoms with Crippen LogP contribution in [0.15, 0.2) is 18.5 Å². The largest absolute Gasteiger partial charge is 0.481 e. The molecular weight excluding hydrogens is 248 g/mol. The molecule has 2 N–H and O–H groups in total. The number of carbonyl (C=O) groups excluding carboxylic acids is 1. The van der Waals surface area contributed by atoms with E-state index in [1.165, 1.54) is 0 Å². The summed E-state index contributed by atoms with van der Waals surface area (Å²) >= 11 is 0. The Morgan fingerprint density at radius 3 is 2.68 bits per heavy atom. The molecule has 2 aliphatic rings. The standard InChI is InChI=1S/C12H14N4O3/c17-10(18)8-6-7-2-3-9(8)16(7)12(19)15-11-13-4-1-5-14-11/h1,4-5,7-9H,2-3,6H2,(H,17,18)(H,13,14,15,19). The topological polar surface area (TPSA) is 95.4 Å². The van der Waals surface area contributed by atoms with Gasteiger partial charge in [0.25, 0.3) is 0 Å². The van der Waals surface area contributed by atoms with Crippen molar-refractivity contribution in [3.63, 3.8) is 0 Å². The van der Waals surface area contributed by atoms with Gasteiger partial charge in [-0.1, -0.05) is 0 Å². The molecule has 0 spiro atoms. The highest BCUT2D eigenvalue weighted by atomic mass is 16.4. The average Bonchev–Trinajstić information content (AvgIpc) is 2.97. The predicted octanol–water partition coefficient (Wildman–Crippen LogP) is 0.946. The maximum absolute atomic E-state index is 12.2. The third-order valence-electron chi connectivity index (χ3n) is 3.87. The summed E-state index contributed by atoms with van der Waals surface area (Å²) in [5, 5.41) is 11.8. The summed E-state index contributed by atoms with van der Waals surface area (Å²) in [6, 6.07) is 1.18. The number of aliphatic carboxylic acids is 1. The highest BCUT2D eigenvalue weighted by Crippen LogP contribution is 2.41. The van der Waals surface area contributed by atoms with E-state index in [0.29, 0.717) is 6.42 Å². The molecule has 7 heteroatoms. The van der Waals surface area contributed by atoms with E-state index in [1.54, 1.807) is 23.4 Å². The zero-order chi connectivity index (χ0) is 13.4. The molecule has 3 heterocycles. The highest BCUT2D eigenvalue weighted by molar-refractivity contribution is 5.89. The van der Waals surface area contributed by atoms with Crippen molar-refractivity contribution in [1.82, 2.24) is 14.9 Å².